The Morgan fingerprint density at radius 2 is 2.00 bits per heavy atom. The number of carbonyl (C=O) groups excluding carboxylic acids is 2. The van der Waals surface area contributed by atoms with Gasteiger partial charge in [-0.1, -0.05) is 0 Å². The third kappa shape index (κ3) is 5.22. The lowest BCUT2D eigenvalue weighted by atomic mass is 9.97. The number of benzene rings is 1. The number of carbonyl (C=O) groups is 2. The molecule has 9 nitrogen and oxygen atoms in total. The van der Waals surface area contributed by atoms with Crippen molar-refractivity contribution in [2.75, 3.05) is 25.5 Å². The van der Waals surface area contributed by atoms with Gasteiger partial charge in [0.1, 0.15) is 17.5 Å². The van der Waals surface area contributed by atoms with E-state index in [0.717, 1.165) is 12.1 Å². The molecule has 184 valence electrons. The van der Waals surface area contributed by atoms with Gasteiger partial charge in [0.15, 0.2) is 5.82 Å². The van der Waals surface area contributed by atoms with E-state index in [0.29, 0.717) is 32.1 Å². The number of ether oxygens (including phenoxy) is 1. The Hall–Kier alpha value is -3.41. The van der Waals surface area contributed by atoms with E-state index in [9.17, 15) is 27.9 Å². The fourth-order valence-corrected chi connectivity index (χ4v) is 4.08. The van der Waals surface area contributed by atoms with Crippen molar-refractivity contribution in [2.24, 2.45) is 5.73 Å². The maximum atomic E-state index is 12.9. The van der Waals surface area contributed by atoms with Gasteiger partial charge in [-0.25, -0.2) is 0 Å². The highest BCUT2D eigenvalue weighted by atomic mass is 19.4. The van der Waals surface area contributed by atoms with E-state index in [2.05, 4.69) is 15.5 Å². The number of phenols is 1. The van der Waals surface area contributed by atoms with E-state index in [1.54, 1.807) is 14.0 Å². The van der Waals surface area contributed by atoms with Crippen molar-refractivity contribution in [2.45, 2.75) is 44.9 Å². The topological polar surface area (TPSA) is 131 Å². The number of piperidine rings is 1. The summed E-state index contributed by atoms with van der Waals surface area (Å²) in [6, 6.07) is 1.92. The highest BCUT2D eigenvalue weighted by Gasteiger charge is 2.33. The van der Waals surface area contributed by atoms with Crippen LogP contribution in [0.4, 0.5) is 19.0 Å². The Labute approximate surface area is 194 Å². The first-order valence-electron chi connectivity index (χ1n) is 10.6. The number of aromatic nitrogens is 2. The van der Waals surface area contributed by atoms with Gasteiger partial charge in [-0.15, -0.1) is 10.2 Å². The van der Waals surface area contributed by atoms with Gasteiger partial charge < -0.3 is 20.9 Å². The van der Waals surface area contributed by atoms with Crippen LogP contribution >= 0.6 is 0 Å². The number of hydrogen-bond acceptors (Lipinski definition) is 8. The van der Waals surface area contributed by atoms with Gasteiger partial charge in [0.2, 0.25) is 0 Å². The summed E-state index contributed by atoms with van der Waals surface area (Å²) < 4.78 is 43.9. The van der Waals surface area contributed by atoms with E-state index >= 15 is 0 Å². The van der Waals surface area contributed by atoms with Crippen LogP contribution in [-0.4, -0.2) is 64.4 Å². The zero-order chi connectivity index (χ0) is 25.2. The molecule has 1 aliphatic heterocycles. The second kappa shape index (κ2) is 9.84. The number of nitrogens with two attached hydrogens (primary N) is 1. The third-order valence-electron chi connectivity index (χ3n) is 5.77. The van der Waals surface area contributed by atoms with Crippen LogP contribution in [0, 0.1) is 6.92 Å². The molecule has 4 N–H and O–H groups in total. The third-order valence-corrected chi connectivity index (χ3v) is 5.77. The van der Waals surface area contributed by atoms with Crippen molar-refractivity contribution >= 4 is 17.7 Å². The minimum Gasteiger partial charge on any atom is -0.507 e. The highest BCUT2D eigenvalue weighted by Crippen LogP contribution is 2.37. The summed E-state index contributed by atoms with van der Waals surface area (Å²) in [7, 11) is 1.79. The number of nitrogens with zero attached hydrogens (tertiary/aromatic N) is 3. The normalized spacial score (nSPS) is 19.0. The zero-order valence-electron chi connectivity index (χ0n) is 18.9. The van der Waals surface area contributed by atoms with E-state index in [-0.39, 0.29) is 46.3 Å². The molecule has 1 aliphatic rings. The molecule has 1 saturated heterocycles. The molecule has 0 spiro atoms. The molecular weight excluding hydrogens is 455 g/mol. The zero-order valence-corrected chi connectivity index (χ0v) is 18.9. The average Bonchev–Trinajstić information content (AvgIpc) is 2.73. The van der Waals surface area contributed by atoms with E-state index in [1.165, 1.54) is 6.92 Å². The summed E-state index contributed by atoms with van der Waals surface area (Å²) in [4.78, 5) is 26.2. The lowest BCUT2D eigenvalue weighted by Crippen LogP contribution is -2.50. The number of anilines is 1. The van der Waals surface area contributed by atoms with Crippen LogP contribution in [0.25, 0.3) is 11.3 Å². The van der Waals surface area contributed by atoms with Gasteiger partial charge in [-0.05, 0) is 57.5 Å². The molecular formula is C22H26F3N5O4. The molecule has 3 rings (SSSR count). The minimum absolute atomic E-state index is 0.0123. The predicted octanol–water partition coefficient (Wildman–Crippen LogP) is 2.71. The van der Waals surface area contributed by atoms with Crippen LogP contribution in [0.1, 0.15) is 41.3 Å². The number of aromatic hydroxyl groups is 1. The minimum atomic E-state index is -4.62. The molecule has 12 heteroatoms. The monoisotopic (exact) mass is 481 g/mol. The smallest absolute Gasteiger partial charge is 0.416 e. The Balaban J connectivity index is 1.87. The van der Waals surface area contributed by atoms with Gasteiger partial charge in [-0.2, -0.15) is 13.2 Å². The maximum Gasteiger partial charge on any atom is 0.416 e. The number of hydrogen-bond donors (Lipinski definition) is 3. The number of halogens is 3. The van der Waals surface area contributed by atoms with Crippen LogP contribution in [0.3, 0.4) is 0 Å². The fourth-order valence-electron chi connectivity index (χ4n) is 4.08. The number of nitrogens with one attached hydrogen (secondary N) is 1. The predicted molar refractivity (Wildman–Crippen MR) is 117 cm³/mol. The van der Waals surface area contributed by atoms with Crippen LogP contribution in [0.2, 0.25) is 0 Å². The number of likely N-dealkylation sites (tertiary alicyclic amines) is 1. The summed E-state index contributed by atoms with van der Waals surface area (Å²) >= 11 is 0. The van der Waals surface area contributed by atoms with Crippen molar-refractivity contribution in [3.05, 3.63) is 34.9 Å². The van der Waals surface area contributed by atoms with Crippen molar-refractivity contribution in [1.82, 2.24) is 15.1 Å². The summed E-state index contributed by atoms with van der Waals surface area (Å²) in [6.45, 7) is 4.02. The number of alkyl halides is 3. The Kier molecular flexibility index (Phi) is 7.29. The summed E-state index contributed by atoms with van der Waals surface area (Å²) in [5.74, 6) is -1.64. The SMILES string of the molecule is CCOC(=O)[C@H]1CC[C@@H](Nc2nnc(-c3ccc(C(F)(F)F)cc3O)c(C)c2C(N)=O)CN1C. The molecule has 1 aromatic carbocycles. The molecule has 2 heterocycles. The molecule has 0 bridgehead atoms. The largest absolute Gasteiger partial charge is 0.507 e. The quantitative estimate of drug-likeness (QED) is 0.537. The summed E-state index contributed by atoms with van der Waals surface area (Å²) in [6.07, 6.45) is -3.50. The van der Waals surface area contributed by atoms with Gasteiger partial charge in [0.05, 0.1) is 17.7 Å². The molecule has 0 unspecified atom stereocenters. The lowest BCUT2D eigenvalue weighted by molar-refractivity contribution is -0.150. The Morgan fingerprint density at radius 1 is 1.29 bits per heavy atom. The number of rotatable bonds is 6. The molecule has 1 aromatic heterocycles. The van der Waals surface area contributed by atoms with Crippen LogP contribution in [0.15, 0.2) is 18.2 Å². The molecule has 0 saturated carbocycles. The fraction of sp³-hybridized carbons (Fsp3) is 0.455. The Bertz CT molecular complexity index is 1090. The van der Waals surface area contributed by atoms with Gasteiger partial charge in [0, 0.05) is 18.2 Å². The molecule has 0 aliphatic carbocycles. The molecule has 2 aromatic rings. The number of primary amides is 1. The maximum absolute atomic E-state index is 12.9. The Morgan fingerprint density at radius 3 is 2.56 bits per heavy atom. The van der Waals surface area contributed by atoms with Crippen molar-refractivity contribution < 1.29 is 32.6 Å². The van der Waals surface area contributed by atoms with Crippen molar-refractivity contribution in [3.8, 4) is 17.0 Å². The first-order chi connectivity index (χ1) is 15.9. The first-order valence-corrected chi connectivity index (χ1v) is 10.6. The van der Waals surface area contributed by atoms with E-state index in [1.807, 2.05) is 4.90 Å². The first kappa shape index (κ1) is 25.2. The van der Waals surface area contributed by atoms with Gasteiger partial charge in [-0.3, -0.25) is 14.5 Å². The summed E-state index contributed by atoms with van der Waals surface area (Å²) in [5, 5.41) is 21.4. The van der Waals surface area contributed by atoms with Crippen molar-refractivity contribution in [1.29, 1.82) is 0 Å². The number of phenolic OH excluding ortho intramolecular Hbond substituents is 1. The second-order valence-corrected chi connectivity index (χ2v) is 8.12. The van der Waals surface area contributed by atoms with E-state index in [4.69, 9.17) is 10.5 Å². The molecule has 2 atom stereocenters. The highest BCUT2D eigenvalue weighted by molar-refractivity contribution is 6.00. The number of likely N-dealkylation sites (N-methyl/N-ethyl adjacent to an activating group) is 1. The molecule has 0 radical (unpaired) electrons. The second-order valence-electron chi connectivity index (χ2n) is 8.12. The van der Waals surface area contributed by atoms with Crippen LogP contribution in [0.5, 0.6) is 5.75 Å². The number of amides is 1. The molecule has 34 heavy (non-hydrogen) atoms. The van der Waals surface area contributed by atoms with Gasteiger partial charge in [0.25, 0.3) is 5.91 Å². The van der Waals surface area contributed by atoms with E-state index < -0.39 is 23.4 Å². The lowest BCUT2D eigenvalue weighted by Gasteiger charge is -2.36. The van der Waals surface area contributed by atoms with Crippen molar-refractivity contribution in [3.63, 3.8) is 0 Å². The van der Waals surface area contributed by atoms with Crippen LogP contribution in [-0.2, 0) is 15.7 Å². The number of esters is 1. The molecule has 1 fully saturated rings. The van der Waals surface area contributed by atoms with Crippen LogP contribution < -0.4 is 11.1 Å². The van der Waals surface area contributed by atoms with Gasteiger partial charge >= 0.3 is 12.1 Å². The summed E-state index contributed by atoms with van der Waals surface area (Å²) in [5.41, 5.74) is 4.86. The standard InChI is InChI=1S/C22H26F3N5O4/c1-4-34-21(33)15-8-6-13(10-30(15)3)27-20-17(19(26)32)11(2)18(28-29-20)14-7-5-12(9-16(14)31)22(23,24)25/h5,7,9,13,15,31H,4,6,8,10H2,1-3H3,(H2,26,32)(H,27,29)/t13-,15-/m1/s1. The average molecular weight is 481 g/mol. The molecule has 1 amide bonds.